The molecule has 0 saturated carbocycles. The molecule has 60 valence electrons. The summed E-state index contributed by atoms with van der Waals surface area (Å²) in [5.74, 6) is 0.623. The summed E-state index contributed by atoms with van der Waals surface area (Å²) in [5.41, 5.74) is 1.30. The number of halogens is 1. The van der Waals surface area contributed by atoms with Crippen LogP contribution in [0.25, 0.3) is 0 Å². The number of hydrogen-bond acceptors (Lipinski definition) is 1. The molecule has 0 amide bonds. The first-order chi connectivity index (χ1) is 5.22. The smallest absolute Gasteiger partial charge is 0.0419 e. The fourth-order valence-electron chi connectivity index (χ4n) is 0.932. The topological polar surface area (TPSA) is 12.9 Å². The van der Waals surface area contributed by atoms with Crippen LogP contribution in [-0.4, -0.2) is 4.98 Å². The van der Waals surface area contributed by atoms with Crippen LogP contribution in [0.2, 0.25) is 0 Å². The zero-order valence-electron chi connectivity index (χ0n) is 6.79. The van der Waals surface area contributed by atoms with E-state index in [4.69, 9.17) is 0 Å². The normalized spacial score (nSPS) is 13.5. The zero-order chi connectivity index (χ0) is 8.27. The molecule has 0 bridgehead atoms. The number of hydrogen-bond donors (Lipinski definition) is 0. The molecule has 0 fully saturated rings. The summed E-state index contributed by atoms with van der Waals surface area (Å²) in [6.45, 7) is 4.39. The molecule has 1 nitrogen and oxygen atoms in total. The second-order valence-electron chi connectivity index (χ2n) is 2.93. The van der Waals surface area contributed by atoms with Gasteiger partial charge >= 0.3 is 0 Å². The van der Waals surface area contributed by atoms with Crippen LogP contribution in [-0.2, 0) is 0 Å². The summed E-state index contributed by atoms with van der Waals surface area (Å²) < 4.78 is 0. The van der Waals surface area contributed by atoms with Gasteiger partial charge in [-0.3, -0.25) is 4.98 Å². The van der Waals surface area contributed by atoms with Crippen molar-refractivity contribution >= 4 is 15.9 Å². The van der Waals surface area contributed by atoms with Crippen molar-refractivity contribution in [2.45, 2.75) is 18.7 Å². The molecule has 0 spiro atoms. The summed E-state index contributed by atoms with van der Waals surface area (Å²) >= 11 is 3.62. The van der Waals surface area contributed by atoms with Crippen LogP contribution in [0.1, 0.15) is 24.2 Å². The predicted octanol–water partition coefficient (Wildman–Crippen LogP) is 3.17. The lowest BCUT2D eigenvalue weighted by Gasteiger charge is -2.12. The lowest BCUT2D eigenvalue weighted by molar-refractivity contribution is 0.640. The average Bonchev–Trinajstić information content (AvgIpc) is 2.05. The van der Waals surface area contributed by atoms with E-state index in [2.05, 4.69) is 34.8 Å². The molecular weight excluding hydrogens is 202 g/mol. The molecule has 1 heterocycles. The van der Waals surface area contributed by atoms with Crippen LogP contribution < -0.4 is 0 Å². The Kier molecular flexibility index (Phi) is 3.06. The summed E-state index contributed by atoms with van der Waals surface area (Å²) in [6, 6.07) is 4.08. The van der Waals surface area contributed by atoms with Crippen LogP contribution in [0.5, 0.6) is 0 Å². The second kappa shape index (κ2) is 3.86. The van der Waals surface area contributed by atoms with Gasteiger partial charge in [-0.05, 0) is 23.6 Å². The van der Waals surface area contributed by atoms with Crippen molar-refractivity contribution in [3.63, 3.8) is 0 Å². The Balaban J connectivity index is 2.77. The molecule has 1 aromatic heterocycles. The third-order valence-electron chi connectivity index (χ3n) is 1.61. The van der Waals surface area contributed by atoms with Crippen LogP contribution in [0, 0.1) is 5.92 Å². The molecule has 11 heavy (non-hydrogen) atoms. The van der Waals surface area contributed by atoms with Crippen molar-refractivity contribution in [3.05, 3.63) is 30.1 Å². The summed E-state index contributed by atoms with van der Waals surface area (Å²) in [6.07, 6.45) is 3.65. The third-order valence-corrected chi connectivity index (χ3v) is 3.20. The number of pyridine rings is 1. The summed E-state index contributed by atoms with van der Waals surface area (Å²) in [7, 11) is 0. The van der Waals surface area contributed by atoms with Gasteiger partial charge in [-0.25, -0.2) is 0 Å². The van der Waals surface area contributed by atoms with Crippen LogP contribution in [0.4, 0.5) is 0 Å². The molecule has 1 aromatic rings. The highest BCUT2D eigenvalue weighted by atomic mass is 79.9. The first-order valence-electron chi connectivity index (χ1n) is 3.76. The van der Waals surface area contributed by atoms with Crippen molar-refractivity contribution in [3.8, 4) is 0 Å². The van der Waals surface area contributed by atoms with E-state index in [1.54, 1.807) is 0 Å². The molecule has 1 rings (SSSR count). The Bertz CT molecular complexity index is 208. The molecule has 0 aliphatic heterocycles. The quantitative estimate of drug-likeness (QED) is 0.689. The van der Waals surface area contributed by atoms with Crippen molar-refractivity contribution in [2.75, 3.05) is 0 Å². The van der Waals surface area contributed by atoms with Crippen molar-refractivity contribution in [2.24, 2.45) is 5.92 Å². The minimum atomic E-state index is 0.450. The van der Waals surface area contributed by atoms with Gasteiger partial charge in [0.05, 0.1) is 0 Å². The third kappa shape index (κ3) is 2.29. The lowest BCUT2D eigenvalue weighted by atomic mass is 10.0. The summed E-state index contributed by atoms with van der Waals surface area (Å²) in [4.78, 5) is 4.42. The molecule has 0 aromatic carbocycles. The molecule has 0 N–H and O–H groups in total. The molecule has 0 aliphatic carbocycles. The Hall–Kier alpha value is -0.370. The largest absolute Gasteiger partial charge is 0.265 e. The van der Waals surface area contributed by atoms with E-state index in [0.717, 1.165) is 0 Å². The van der Waals surface area contributed by atoms with Gasteiger partial charge in [-0.1, -0.05) is 29.8 Å². The first kappa shape index (κ1) is 8.72. The minimum Gasteiger partial charge on any atom is -0.265 e. The minimum absolute atomic E-state index is 0.450. The first-order valence-corrected chi connectivity index (χ1v) is 4.67. The van der Waals surface area contributed by atoms with Gasteiger partial charge in [-0.2, -0.15) is 0 Å². The van der Waals surface area contributed by atoms with Crippen LogP contribution >= 0.6 is 15.9 Å². The van der Waals surface area contributed by atoms with E-state index in [1.165, 1.54) is 5.56 Å². The maximum atomic E-state index is 3.97. The molecule has 2 heteroatoms. The molecule has 1 unspecified atom stereocenters. The van der Waals surface area contributed by atoms with Gasteiger partial charge in [0.25, 0.3) is 0 Å². The fourth-order valence-corrected chi connectivity index (χ4v) is 1.24. The molecule has 0 saturated heterocycles. The second-order valence-corrected chi connectivity index (χ2v) is 3.91. The van der Waals surface area contributed by atoms with Gasteiger partial charge in [-0.15, -0.1) is 0 Å². The standard InChI is InChI=1S/C9H12BrN/c1-7(2)9(10)8-3-5-11-6-4-8/h3-7,9H,1-2H3. The highest BCUT2D eigenvalue weighted by molar-refractivity contribution is 9.09. The molecule has 1 atom stereocenters. The Morgan fingerprint density at radius 1 is 1.27 bits per heavy atom. The highest BCUT2D eigenvalue weighted by Crippen LogP contribution is 2.29. The Labute approximate surface area is 76.0 Å². The van der Waals surface area contributed by atoms with E-state index in [0.29, 0.717) is 10.7 Å². The van der Waals surface area contributed by atoms with E-state index in [-0.39, 0.29) is 0 Å². The number of rotatable bonds is 2. The van der Waals surface area contributed by atoms with Gasteiger partial charge in [0.1, 0.15) is 0 Å². The Morgan fingerprint density at radius 2 is 1.82 bits per heavy atom. The van der Waals surface area contributed by atoms with E-state index >= 15 is 0 Å². The fraction of sp³-hybridized carbons (Fsp3) is 0.444. The van der Waals surface area contributed by atoms with Crippen molar-refractivity contribution in [1.82, 2.24) is 4.98 Å². The predicted molar refractivity (Wildman–Crippen MR) is 50.7 cm³/mol. The van der Waals surface area contributed by atoms with Crippen molar-refractivity contribution < 1.29 is 0 Å². The van der Waals surface area contributed by atoms with E-state index in [9.17, 15) is 0 Å². The maximum Gasteiger partial charge on any atom is 0.0419 e. The zero-order valence-corrected chi connectivity index (χ0v) is 8.38. The highest BCUT2D eigenvalue weighted by Gasteiger charge is 2.10. The average molecular weight is 214 g/mol. The monoisotopic (exact) mass is 213 g/mol. The number of alkyl halides is 1. The molecular formula is C9H12BrN. The van der Waals surface area contributed by atoms with E-state index < -0.39 is 0 Å². The van der Waals surface area contributed by atoms with Gasteiger partial charge in [0, 0.05) is 17.2 Å². The van der Waals surface area contributed by atoms with E-state index in [1.807, 2.05) is 24.5 Å². The SMILES string of the molecule is CC(C)C(Br)c1ccncc1. The number of nitrogens with zero attached hydrogens (tertiary/aromatic N) is 1. The molecule has 0 radical (unpaired) electrons. The number of aromatic nitrogens is 1. The molecule has 0 aliphatic rings. The van der Waals surface area contributed by atoms with Gasteiger partial charge in [0.2, 0.25) is 0 Å². The Morgan fingerprint density at radius 3 is 2.27 bits per heavy atom. The van der Waals surface area contributed by atoms with Crippen molar-refractivity contribution in [1.29, 1.82) is 0 Å². The lowest BCUT2D eigenvalue weighted by Crippen LogP contribution is -1.97. The van der Waals surface area contributed by atoms with Crippen LogP contribution in [0.15, 0.2) is 24.5 Å². The maximum absolute atomic E-state index is 3.97. The summed E-state index contributed by atoms with van der Waals surface area (Å²) in [5, 5.41) is 0. The van der Waals surface area contributed by atoms with Gasteiger partial charge in [0.15, 0.2) is 0 Å². The van der Waals surface area contributed by atoms with Gasteiger partial charge < -0.3 is 0 Å². The van der Waals surface area contributed by atoms with Crippen LogP contribution in [0.3, 0.4) is 0 Å².